The van der Waals surface area contributed by atoms with Gasteiger partial charge < -0.3 is 15.8 Å². The number of carbonyl (C=O) groups is 1. The molecule has 0 atom stereocenters. The van der Waals surface area contributed by atoms with E-state index in [9.17, 15) is 14.4 Å². The minimum atomic E-state index is -0.679. The van der Waals surface area contributed by atoms with Crippen LogP contribution in [-0.2, 0) is 23.6 Å². The fourth-order valence-corrected chi connectivity index (χ4v) is 3.08. The van der Waals surface area contributed by atoms with Crippen molar-refractivity contribution >= 4 is 22.6 Å². The fraction of sp³-hybridized carbons (Fsp3) is 0.500. The summed E-state index contributed by atoms with van der Waals surface area (Å²) < 4.78 is 7.62. The largest absolute Gasteiger partial charge is 0.381 e. The summed E-state index contributed by atoms with van der Waals surface area (Å²) in [6.07, 6.45) is 2.53. The van der Waals surface area contributed by atoms with Crippen molar-refractivity contribution in [1.82, 2.24) is 14.1 Å². The molecule has 1 aliphatic heterocycles. The second kappa shape index (κ2) is 6.41. The van der Waals surface area contributed by atoms with Gasteiger partial charge in [0.1, 0.15) is 5.65 Å². The molecule has 0 saturated carbocycles. The standard InChI is InChI=1S/C16H21N5O4/c1-20-12-11(13(22)21(2)15(20)24)7-10(8-18-12)19-14(23)16(9-17)3-5-25-6-4-16/h7-8H,3-6,9,17H2,1-2H3,(H,19,23). The lowest BCUT2D eigenvalue weighted by molar-refractivity contribution is -0.130. The number of aryl methyl sites for hydroxylation is 1. The van der Waals surface area contributed by atoms with E-state index in [1.54, 1.807) is 7.05 Å². The van der Waals surface area contributed by atoms with Crippen LogP contribution in [0.25, 0.3) is 11.0 Å². The second-order valence-corrected chi connectivity index (χ2v) is 6.35. The summed E-state index contributed by atoms with van der Waals surface area (Å²) in [7, 11) is 2.95. The normalized spacial score (nSPS) is 16.8. The summed E-state index contributed by atoms with van der Waals surface area (Å²) >= 11 is 0. The summed E-state index contributed by atoms with van der Waals surface area (Å²) in [6.45, 7) is 1.20. The first kappa shape index (κ1) is 17.3. The highest BCUT2D eigenvalue weighted by Crippen LogP contribution is 2.31. The molecule has 0 radical (unpaired) electrons. The maximum atomic E-state index is 12.7. The zero-order valence-corrected chi connectivity index (χ0v) is 14.2. The van der Waals surface area contributed by atoms with Crippen LogP contribution in [0.2, 0.25) is 0 Å². The highest BCUT2D eigenvalue weighted by molar-refractivity contribution is 5.96. The van der Waals surface area contributed by atoms with Crippen molar-refractivity contribution in [3.05, 3.63) is 33.1 Å². The van der Waals surface area contributed by atoms with Gasteiger partial charge in [0.15, 0.2) is 0 Å². The van der Waals surface area contributed by atoms with Gasteiger partial charge >= 0.3 is 5.69 Å². The van der Waals surface area contributed by atoms with Gasteiger partial charge in [-0.05, 0) is 18.9 Å². The lowest BCUT2D eigenvalue weighted by atomic mass is 9.79. The zero-order chi connectivity index (χ0) is 18.2. The van der Waals surface area contributed by atoms with Crippen molar-refractivity contribution in [2.24, 2.45) is 25.2 Å². The molecule has 0 aromatic carbocycles. The van der Waals surface area contributed by atoms with E-state index in [0.717, 1.165) is 4.57 Å². The van der Waals surface area contributed by atoms with Crippen LogP contribution in [0.3, 0.4) is 0 Å². The maximum absolute atomic E-state index is 12.7. The van der Waals surface area contributed by atoms with E-state index in [1.165, 1.54) is 23.9 Å². The molecule has 0 spiro atoms. The van der Waals surface area contributed by atoms with Crippen molar-refractivity contribution in [1.29, 1.82) is 0 Å². The number of nitrogens with one attached hydrogen (secondary N) is 1. The third-order valence-electron chi connectivity index (χ3n) is 4.87. The number of fused-ring (bicyclic) bond motifs is 1. The smallest absolute Gasteiger partial charge is 0.332 e. The molecular formula is C16H21N5O4. The van der Waals surface area contributed by atoms with Crippen molar-refractivity contribution < 1.29 is 9.53 Å². The van der Waals surface area contributed by atoms with Gasteiger partial charge in [0.2, 0.25) is 5.91 Å². The molecule has 9 nitrogen and oxygen atoms in total. The number of ether oxygens (including phenoxy) is 1. The third-order valence-corrected chi connectivity index (χ3v) is 4.87. The third kappa shape index (κ3) is 2.85. The predicted octanol–water partition coefficient (Wildman–Crippen LogP) is -0.674. The molecule has 0 unspecified atom stereocenters. The van der Waals surface area contributed by atoms with E-state index < -0.39 is 16.7 Å². The highest BCUT2D eigenvalue weighted by Gasteiger charge is 2.38. The molecule has 1 fully saturated rings. The van der Waals surface area contributed by atoms with E-state index in [4.69, 9.17) is 10.5 Å². The Labute approximate surface area is 143 Å². The topological polar surface area (TPSA) is 121 Å². The molecular weight excluding hydrogens is 326 g/mol. The van der Waals surface area contributed by atoms with Crippen LogP contribution in [0.5, 0.6) is 0 Å². The Morgan fingerprint density at radius 3 is 2.64 bits per heavy atom. The Hall–Kier alpha value is -2.52. The fourth-order valence-electron chi connectivity index (χ4n) is 3.08. The summed E-state index contributed by atoms with van der Waals surface area (Å²) in [5.74, 6) is -0.207. The van der Waals surface area contributed by atoms with Crippen molar-refractivity contribution in [2.75, 3.05) is 25.1 Å². The summed E-state index contributed by atoms with van der Waals surface area (Å²) in [4.78, 5) is 41.2. The minimum absolute atomic E-state index is 0.207. The molecule has 25 heavy (non-hydrogen) atoms. The number of nitrogens with zero attached hydrogens (tertiary/aromatic N) is 3. The highest BCUT2D eigenvalue weighted by atomic mass is 16.5. The molecule has 0 aliphatic carbocycles. The second-order valence-electron chi connectivity index (χ2n) is 6.35. The Morgan fingerprint density at radius 1 is 1.32 bits per heavy atom. The average molecular weight is 347 g/mol. The first-order valence-electron chi connectivity index (χ1n) is 8.05. The van der Waals surface area contributed by atoms with Gasteiger partial charge in [-0.2, -0.15) is 0 Å². The van der Waals surface area contributed by atoms with Crippen LogP contribution in [0.4, 0.5) is 5.69 Å². The number of amides is 1. The van der Waals surface area contributed by atoms with E-state index >= 15 is 0 Å². The molecule has 1 aliphatic rings. The van der Waals surface area contributed by atoms with Crippen LogP contribution in [0, 0.1) is 5.41 Å². The zero-order valence-electron chi connectivity index (χ0n) is 14.2. The van der Waals surface area contributed by atoms with Gasteiger partial charge in [-0.1, -0.05) is 0 Å². The number of rotatable bonds is 3. The molecule has 9 heteroatoms. The van der Waals surface area contributed by atoms with Crippen LogP contribution in [-0.4, -0.2) is 39.8 Å². The van der Waals surface area contributed by atoms with E-state index in [0.29, 0.717) is 31.7 Å². The molecule has 3 N–H and O–H groups in total. The van der Waals surface area contributed by atoms with Crippen LogP contribution in [0.15, 0.2) is 21.9 Å². The summed E-state index contributed by atoms with van der Waals surface area (Å²) in [5.41, 5.74) is 4.92. The van der Waals surface area contributed by atoms with Gasteiger partial charge in [-0.3, -0.25) is 18.7 Å². The molecule has 2 aromatic rings. The maximum Gasteiger partial charge on any atom is 0.332 e. The van der Waals surface area contributed by atoms with E-state index in [1.807, 2.05) is 0 Å². The number of hydrogen-bond donors (Lipinski definition) is 2. The SMILES string of the molecule is Cn1c(=O)c2cc(NC(=O)C3(CN)CCOCC3)cnc2n(C)c1=O. The molecule has 1 amide bonds. The number of nitrogens with two attached hydrogens (primary N) is 1. The lowest BCUT2D eigenvalue weighted by Crippen LogP contribution is -2.46. The molecule has 1 saturated heterocycles. The summed E-state index contributed by atoms with van der Waals surface area (Å²) in [5, 5.41) is 3.06. The van der Waals surface area contributed by atoms with Crippen molar-refractivity contribution in [3.8, 4) is 0 Å². The van der Waals surface area contributed by atoms with Gasteiger partial charge in [0.05, 0.1) is 22.7 Å². The molecule has 0 bridgehead atoms. The predicted molar refractivity (Wildman–Crippen MR) is 92.4 cm³/mol. The average Bonchev–Trinajstić information content (AvgIpc) is 2.65. The minimum Gasteiger partial charge on any atom is -0.381 e. The Morgan fingerprint density at radius 2 is 2.00 bits per heavy atom. The molecule has 3 rings (SSSR count). The number of hydrogen-bond acceptors (Lipinski definition) is 6. The quantitative estimate of drug-likeness (QED) is 0.759. The first-order chi connectivity index (χ1) is 11.9. The van der Waals surface area contributed by atoms with Gasteiger partial charge in [0, 0.05) is 33.9 Å². The number of pyridine rings is 1. The number of aromatic nitrogens is 3. The van der Waals surface area contributed by atoms with E-state index in [-0.39, 0.29) is 23.5 Å². The van der Waals surface area contributed by atoms with Crippen molar-refractivity contribution in [3.63, 3.8) is 0 Å². The monoisotopic (exact) mass is 347 g/mol. The van der Waals surface area contributed by atoms with Crippen LogP contribution < -0.4 is 22.3 Å². The molecule has 3 heterocycles. The number of anilines is 1. The van der Waals surface area contributed by atoms with Gasteiger partial charge in [-0.15, -0.1) is 0 Å². The van der Waals surface area contributed by atoms with Crippen LogP contribution in [0.1, 0.15) is 12.8 Å². The molecule has 2 aromatic heterocycles. The van der Waals surface area contributed by atoms with E-state index in [2.05, 4.69) is 10.3 Å². The van der Waals surface area contributed by atoms with Crippen LogP contribution >= 0.6 is 0 Å². The lowest BCUT2D eigenvalue weighted by Gasteiger charge is -2.34. The Kier molecular flexibility index (Phi) is 4.44. The molecule has 134 valence electrons. The summed E-state index contributed by atoms with van der Waals surface area (Å²) in [6, 6.07) is 1.53. The van der Waals surface area contributed by atoms with Gasteiger partial charge in [0.25, 0.3) is 5.56 Å². The Bertz CT molecular complexity index is 940. The number of carbonyl (C=O) groups excluding carboxylic acids is 1. The Balaban J connectivity index is 1.99. The van der Waals surface area contributed by atoms with Gasteiger partial charge in [-0.25, -0.2) is 9.78 Å². The van der Waals surface area contributed by atoms with Crippen molar-refractivity contribution in [2.45, 2.75) is 12.8 Å². The first-order valence-corrected chi connectivity index (χ1v) is 8.05.